The number of nitrogens with one attached hydrogen (secondary N) is 1. The number of fused-ring (bicyclic) bond motifs is 2. The van der Waals surface area contributed by atoms with Gasteiger partial charge in [-0.2, -0.15) is 4.81 Å². The van der Waals surface area contributed by atoms with Crippen molar-refractivity contribution in [2.24, 2.45) is 0 Å². The molecule has 2 heterocycles. The van der Waals surface area contributed by atoms with Crippen molar-refractivity contribution in [2.75, 3.05) is 12.4 Å². The number of benzene rings is 1. The Morgan fingerprint density at radius 2 is 1.93 bits per heavy atom. The molecule has 78 valence electrons. The lowest BCUT2D eigenvalue weighted by Gasteiger charge is -2.16. The Morgan fingerprint density at radius 1 is 1.20 bits per heavy atom. The molecule has 0 aromatic heterocycles. The van der Waals surface area contributed by atoms with Crippen LogP contribution < -0.4 is 19.5 Å². The number of aromatic hydroxyl groups is 1. The highest BCUT2D eigenvalue weighted by Crippen LogP contribution is 2.55. The first kappa shape index (κ1) is 8.54. The molecule has 7 heteroatoms. The average Bonchev–Trinajstić information content (AvgIpc) is 2.59. The second kappa shape index (κ2) is 2.63. The fourth-order valence-electron chi connectivity index (χ4n) is 1.76. The van der Waals surface area contributed by atoms with E-state index >= 15 is 0 Å². The van der Waals surface area contributed by atoms with Crippen molar-refractivity contribution in [2.45, 2.75) is 6.92 Å². The van der Waals surface area contributed by atoms with E-state index in [1.807, 2.05) is 6.92 Å². The van der Waals surface area contributed by atoms with Crippen LogP contribution >= 0.6 is 0 Å². The van der Waals surface area contributed by atoms with Crippen molar-refractivity contribution in [3.63, 3.8) is 0 Å². The Labute approximate surface area is 85.8 Å². The van der Waals surface area contributed by atoms with Crippen LogP contribution in [0.2, 0.25) is 0 Å². The van der Waals surface area contributed by atoms with Crippen LogP contribution in [0, 0.1) is 6.92 Å². The predicted molar refractivity (Wildman–Crippen MR) is 51.1 cm³/mol. The van der Waals surface area contributed by atoms with Gasteiger partial charge < -0.3 is 24.6 Å². The SMILES string of the molecule is CNc1c(C)c2c3c(O)c1OOB(O2)O3. The molecule has 15 heavy (non-hydrogen) atoms. The summed E-state index contributed by atoms with van der Waals surface area (Å²) < 4.78 is 10.5. The third kappa shape index (κ3) is 0.926. The van der Waals surface area contributed by atoms with Gasteiger partial charge in [0, 0.05) is 12.6 Å². The fourth-order valence-corrected chi connectivity index (χ4v) is 1.76. The molecule has 1 aromatic carbocycles. The molecule has 0 saturated carbocycles. The lowest BCUT2D eigenvalue weighted by atomic mass is 10.1. The van der Waals surface area contributed by atoms with Gasteiger partial charge in [0.05, 0.1) is 5.69 Å². The van der Waals surface area contributed by atoms with Crippen LogP contribution in [-0.2, 0) is 4.81 Å². The highest BCUT2D eigenvalue weighted by atomic mass is 17.2. The molecule has 0 atom stereocenters. The molecule has 2 N–H and O–H groups in total. The number of anilines is 1. The molecule has 0 radical (unpaired) electrons. The molecular formula is C8H8BNO5. The van der Waals surface area contributed by atoms with Crippen molar-refractivity contribution in [3.8, 4) is 23.0 Å². The molecule has 0 aliphatic carbocycles. The Morgan fingerprint density at radius 3 is 2.67 bits per heavy atom. The summed E-state index contributed by atoms with van der Waals surface area (Å²) in [6.07, 6.45) is 0. The summed E-state index contributed by atoms with van der Waals surface area (Å²) in [4.78, 5) is 9.74. The number of phenolic OH excluding ortho intramolecular Hbond substituents is 1. The van der Waals surface area contributed by atoms with Crippen LogP contribution in [0.25, 0.3) is 0 Å². The zero-order chi connectivity index (χ0) is 10.6. The van der Waals surface area contributed by atoms with E-state index in [9.17, 15) is 5.11 Å². The molecule has 0 spiro atoms. The molecule has 0 unspecified atom stereocenters. The molecule has 0 fully saturated rings. The first-order valence-corrected chi connectivity index (χ1v) is 4.46. The van der Waals surface area contributed by atoms with Gasteiger partial charge in [0.15, 0.2) is 11.5 Å². The van der Waals surface area contributed by atoms with Crippen LogP contribution in [0.3, 0.4) is 0 Å². The van der Waals surface area contributed by atoms with Gasteiger partial charge in [0.25, 0.3) is 0 Å². The molecule has 2 aliphatic rings. The van der Waals surface area contributed by atoms with Gasteiger partial charge in [-0.05, 0) is 6.92 Å². The average molecular weight is 209 g/mol. The zero-order valence-corrected chi connectivity index (χ0v) is 8.16. The van der Waals surface area contributed by atoms with Crippen LogP contribution in [0.5, 0.6) is 23.0 Å². The van der Waals surface area contributed by atoms with Gasteiger partial charge in [0.2, 0.25) is 11.5 Å². The van der Waals surface area contributed by atoms with E-state index in [1.165, 1.54) is 0 Å². The molecule has 2 aliphatic heterocycles. The highest BCUT2D eigenvalue weighted by Gasteiger charge is 2.46. The number of hydrogen-bond acceptors (Lipinski definition) is 6. The van der Waals surface area contributed by atoms with Gasteiger partial charge in [-0.15, -0.1) is 0 Å². The normalized spacial score (nSPS) is 15.5. The van der Waals surface area contributed by atoms with E-state index < -0.39 is 7.32 Å². The first-order chi connectivity index (χ1) is 7.22. The molecule has 3 rings (SSSR count). The Hall–Kier alpha value is -1.76. The summed E-state index contributed by atoms with van der Waals surface area (Å²) in [6.45, 7) is 1.84. The molecule has 6 nitrogen and oxygen atoms in total. The third-order valence-electron chi connectivity index (χ3n) is 2.47. The molecular weight excluding hydrogens is 201 g/mol. The van der Waals surface area contributed by atoms with Gasteiger partial charge >= 0.3 is 7.32 Å². The quantitative estimate of drug-likeness (QED) is 0.527. The topological polar surface area (TPSA) is 69.2 Å². The summed E-state index contributed by atoms with van der Waals surface area (Å²) in [5.74, 6) is 0.859. The van der Waals surface area contributed by atoms with Crippen LogP contribution in [0.15, 0.2) is 0 Å². The molecule has 0 saturated heterocycles. The highest BCUT2D eigenvalue weighted by molar-refractivity contribution is 6.40. The molecule has 0 amide bonds. The van der Waals surface area contributed by atoms with Gasteiger partial charge in [-0.25, -0.2) is 0 Å². The van der Waals surface area contributed by atoms with Crippen molar-refractivity contribution < 1.29 is 24.1 Å². The molecule has 1 aromatic rings. The number of hydrogen-bond donors (Lipinski definition) is 2. The van der Waals surface area contributed by atoms with E-state index in [0.717, 1.165) is 5.56 Å². The maximum Gasteiger partial charge on any atom is 0.826 e. The van der Waals surface area contributed by atoms with E-state index in [4.69, 9.17) is 19.0 Å². The van der Waals surface area contributed by atoms with Crippen molar-refractivity contribution >= 4 is 13.0 Å². The summed E-state index contributed by atoms with van der Waals surface area (Å²) >= 11 is 0. The van der Waals surface area contributed by atoms with E-state index in [-0.39, 0.29) is 17.2 Å². The second-order valence-electron chi connectivity index (χ2n) is 3.29. The minimum atomic E-state index is -0.942. The lowest BCUT2D eigenvalue weighted by Crippen LogP contribution is -2.30. The first-order valence-electron chi connectivity index (χ1n) is 4.46. The largest absolute Gasteiger partial charge is 0.826 e. The third-order valence-corrected chi connectivity index (χ3v) is 2.47. The summed E-state index contributed by atoms with van der Waals surface area (Å²) in [6, 6.07) is 0. The minimum absolute atomic E-state index is 0.111. The van der Waals surface area contributed by atoms with Gasteiger partial charge in [-0.1, -0.05) is 0 Å². The minimum Gasteiger partial charge on any atom is -0.501 e. The van der Waals surface area contributed by atoms with Crippen LogP contribution in [0.1, 0.15) is 5.56 Å². The second-order valence-corrected chi connectivity index (χ2v) is 3.29. The zero-order valence-electron chi connectivity index (χ0n) is 8.16. The Bertz CT molecular complexity index is 449. The maximum atomic E-state index is 9.82. The van der Waals surface area contributed by atoms with Crippen LogP contribution in [0.4, 0.5) is 5.69 Å². The summed E-state index contributed by atoms with van der Waals surface area (Å²) in [5, 5.41) is 12.7. The van der Waals surface area contributed by atoms with E-state index in [1.54, 1.807) is 7.05 Å². The Kier molecular flexibility index (Phi) is 1.50. The van der Waals surface area contributed by atoms with Gasteiger partial charge in [-0.3, -0.25) is 0 Å². The number of phenols is 1. The monoisotopic (exact) mass is 209 g/mol. The molecule has 3 bridgehead atoms. The smallest absolute Gasteiger partial charge is 0.501 e. The fraction of sp³-hybridized carbons (Fsp3) is 0.250. The van der Waals surface area contributed by atoms with E-state index in [2.05, 4.69) is 5.32 Å². The summed E-state index contributed by atoms with van der Waals surface area (Å²) in [7, 11) is 0.777. The lowest BCUT2D eigenvalue weighted by molar-refractivity contribution is -0.128. The van der Waals surface area contributed by atoms with E-state index in [0.29, 0.717) is 11.4 Å². The maximum absolute atomic E-state index is 9.82. The van der Waals surface area contributed by atoms with Gasteiger partial charge in [0.1, 0.15) is 0 Å². The summed E-state index contributed by atoms with van der Waals surface area (Å²) in [5.41, 5.74) is 1.43. The van der Waals surface area contributed by atoms with Crippen molar-refractivity contribution in [1.82, 2.24) is 0 Å². The number of rotatable bonds is 1. The standard InChI is InChI=1S/C8H8BNO5/c1-3-4(10-2)7-5(11)8-6(3)12-9(13-8)15-14-7/h10-11H,1-2H3. The van der Waals surface area contributed by atoms with Crippen molar-refractivity contribution in [3.05, 3.63) is 5.56 Å². The predicted octanol–water partition coefficient (Wildman–Crippen LogP) is 0.822. The Balaban J connectivity index is 2.36. The van der Waals surface area contributed by atoms with Crippen LogP contribution in [-0.4, -0.2) is 19.5 Å². The van der Waals surface area contributed by atoms with Crippen molar-refractivity contribution in [1.29, 1.82) is 0 Å².